The molecule has 0 N–H and O–H groups in total. The van der Waals surface area contributed by atoms with Gasteiger partial charge in [0.2, 0.25) is 5.91 Å². The van der Waals surface area contributed by atoms with Crippen molar-refractivity contribution >= 4 is 35.0 Å². The summed E-state index contributed by atoms with van der Waals surface area (Å²) in [4.78, 5) is 28.8. The van der Waals surface area contributed by atoms with Gasteiger partial charge in [-0.1, -0.05) is 23.2 Å². The van der Waals surface area contributed by atoms with Crippen molar-refractivity contribution in [2.75, 3.05) is 13.6 Å². The fourth-order valence-electron chi connectivity index (χ4n) is 3.03. The van der Waals surface area contributed by atoms with E-state index in [1.165, 1.54) is 0 Å². The molecule has 3 rings (SSSR count). The maximum Gasteiger partial charge on any atom is 0.254 e. The van der Waals surface area contributed by atoms with Crippen LogP contribution in [0.1, 0.15) is 29.0 Å². The summed E-state index contributed by atoms with van der Waals surface area (Å²) >= 11 is 11.9. The van der Waals surface area contributed by atoms with Gasteiger partial charge >= 0.3 is 0 Å². The molecule has 1 aliphatic rings. The summed E-state index contributed by atoms with van der Waals surface area (Å²) in [5.74, 6) is 0.402. The van der Waals surface area contributed by atoms with Crippen LogP contribution in [0.15, 0.2) is 41.0 Å². The minimum atomic E-state index is -0.470. The van der Waals surface area contributed by atoms with Crippen LogP contribution in [0.2, 0.25) is 10.0 Å². The normalized spacial score (nSPS) is 16.9. The number of likely N-dealkylation sites (tertiary alicyclic amines) is 1. The molecule has 1 atom stereocenters. The Bertz CT molecular complexity index is 777. The molecular weight excluding hydrogens is 363 g/mol. The van der Waals surface area contributed by atoms with Gasteiger partial charge in [0.15, 0.2) is 0 Å². The van der Waals surface area contributed by atoms with Crippen molar-refractivity contribution in [3.05, 3.63) is 58.0 Å². The molecular formula is C18H18Cl2N2O3. The van der Waals surface area contributed by atoms with E-state index in [1.807, 2.05) is 6.07 Å². The van der Waals surface area contributed by atoms with E-state index in [0.717, 1.165) is 6.42 Å². The van der Waals surface area contributed by atoms with Crippen LogP contribution >= 0.6 is 23.2 Å². The predicted octanol–water partition coefficient (Wildman–Crippen LogP) is 3.85. The van der Waals surface area contributed by atoms with Gasteiger partial charge in [-0.3, -0.25) is 9.59 Å². The van der Waals surface area contributed by atoms with Crippen molar-refractivity contribution in [3.63, 3.8) is 0 Å². The van der Waals surface area contributed by atoms with E-state index >= 15 is 0 Å². The number of rotatable bonds is 4. The van der Waals surface area contributed by atoms with Crippen LogP contribution in [-0.2, 0) is 11.3 Å². The van der Waals surface area contributed by atoms with E-state index < -0.39 is 6.04 Å². The molecule has 0 unspecified atom stereocenters. The summed E-state index contributed by atoms with van der Waals surface area (Å²) in [6.07, 6.45) is 3.01. The third kappa shape index (κ3) is 3.83. The van der Waals surface area contributed by atoms with Crippen molar-refractivity contribution in [2.24, 2.45) is 0 Å². The first-order valence-electron chi connectivity index (χ1n) is 8.00. The van der Waals surface area contributed by atoms with Gasteiger partial charge in [0.25, 0.3) is 5.91 Å². The second-order valence-corrected chi connectivity index (χ2v) is 6.87. The van der Waals surface area contributed by atoms with Crippen molar-refractivity contribution in [2.45, 2.75) is 25.4 Å². The van der Waals surface area contributed by atoms with Crippen molar-refractivity contribution in [3.8, 4) is 0 Å². The molecule has 1 fully saturated rings. The lowest BCUT2D eigenvalue weighted by atomic mass is 10.1. The average Bonchev–Trinajstić information content (AvgIpc) is 3.27. The zero-order chi connectivity index (χ0) is 18.0. The highest BCUT2D eigenvalue weighted by atomic mass is 35.5. The van der Waals surface area contributed by atoms with Gasteiger partial charge in [-0.15, -0.1) is 0 Å². The van der Waals surface area contributed by atoms with E-state index in [9.17, 15) is 9.59 Å². The van der Waals surface area contributed by atoms with Crippen LogP contribution in [0.25, 0.3) is 0 Å². The number of amides is 2. The summed E-state index contributed by atoms with van der Waals surface area (Å²) in [5, 5.41) is 0.718. The van der Waals surface area contributed by atoms with E-state index in [1.54, 1.807) is 47.4 Å². The number of halogens is 2. The molecule has 25 heavy (non-hydrogen) atoms. The highest BCUT2D eigenvalue weighted by Crippen LogP contribution is 2.26. The first-order valence-corrected chi connectivity index (χ1v) is 8.76. The second-order valence-electron chi connectivity index (χ2n) is 6.06. The average molecular weight is 381 g/mol. The smallest absolute Gasteiger partial charge is 0.254 e. The van der Waals surface area contributed by atoms with Crippen molar-refractivity contribution < 1.29 is 14.0 Å². The Labute approximate surface area is 156 Å². The zero-order valence-electron chi connectivity index (χ0n) is 13.7. The highest BCUT2D eigenvalue weighted by molar-refractivity contribution is 6.42. The zero-order valence-corrected chi connectivity index (χ0v) is 15.3. The number of furan rings is 1. The SMILES string of the molecule is CN(Cc1ccco1)C(=O)[C@@H]1CCCN1C(=O)c1ccc(Cl)c(Cl)c1. The lowest BCUT2D eigenvalue weighted by Gasteiger charge is -2.27. The fraction of sp³-hybridized carbons (Fsp3) is 0.333. The topological polar surface area (TPSA) is 53.8 Å². The molecule has 1 aromatic heterocycles. The molecule has 5 nitrogen and oxygen atoms in total. The maximum atomic E-state index is 12.8. The molecule has 2 aromatic rings. The summed E-state index contributed by atoms with van der Waals surface area (Å²) in [6.45, 7) is 0.918. The summed E-state index contributed by atoms with van der Waals surface area (Å²) in [5.41, 5.74) is 0.433. The lowest BCUT2D eigenvalue weighted by molar-refractivity contribution is -0.134. The van der Waals surface area contributed by atoms with E-state index in [0.29, 0.717) is 40.9 Å². The van der Waals surface area contributed by atoms with Crippen molar-refractivity contribution in [1.82, 2.24) is 9.80 Å². The van der Waals surface area contributed by atoms with Gasteiger partial charge in [-0.05, 0) is 43.2 Å². The Morgan fingerprint density at radius 3 is 2.76 bits per heavy atom. The first-order chi connectivity index (χ1) is 12.0. The number of likely N-dealkylation sites (N-methyl/N-ethyl adjacent to an activating group) is 1. The monoisotopic (exact) mass is 380 g/mol. The second kappa shape index (κ2) is 7.50. The molecule has 0 bridgehead atoms. The van der Waals surface area contributed by atoms with Gasteiger partial charge in [0, 0.05) is 19.2 Å². The third-order valence-corrected chi connectivity index (χ3v) is 5.05. The Balaban J connectivity index is 1.73. The number of hydrogen-bond donors (Lipinski definition) is 0. The van der Waals surface area contributed by atoms with E-state index in [4.69, 9.17) is 27.6 Å². The van der Waals surface area contributed by atoms with Gasteiger partial charge in [-0.25, -0.2) is 0 Å². The van der Waals surface area contributed by atoms with Gasteiger partial charge in [0.1, 0.15) is 11.8 Å². The molecule has 2 heterocycles. The largest absolute Gasteiger partial charge is 0.467 e. The molecule has 1 aliphatic heterocycles. The number of benzene rings is 1. The van der Waals surface area contributed by atoms with Crippen LogP contribution in [-0.4, -0.2) is 41.2 Å². The molecule has 0 saturated carbocycles. The summed E-state index contributed by atoms with van der Waals surface area (Å²) < 4.78 is 5.28. The Kier molecular flexibility index (Phi) is 5.35. The molecule has 0 spiro atoms. The van der Waals surface area contributed by atoms with Crippen molar-refractivity contribution in [1.29, 1.82) is 0 Å². The van der Waals surface area contributed by atoms with E-state index in [-0.39, 0.29) is 11.8 Å². The van der Waals surface area contributed by atoms with Crippen LogP contribution in [0, 0.1) is 0 Å². The minimum absolute atomic E-state index is 0.0951. The molecule has 1 aromatic carbocycles. The molecule has 0 radical (unpaired) electrons. The molecule has 2 amide bonds. The first kappa shape index (κ1) is 17.8. The minimum Gasteiger partial charge on any atom is -0.467 e. The maximum absolute atomic E-state index is 12.8. The Morgan fingerprint density at radius 2 is 2.08 bits per heavy atom. The molecule has 0 aliphatic carbocycles. The number of nitrogens with zero attached hydrogens (tertiary/aromatic N) is 2. The third-order valence-electron chi connectivity index (χ3n) is 4.31. The Hall–Kier alpha value is -1.98. The predicted molar refractivity (Wildman–Crippen MR) is 95.7 cm³/mol. The lowest BCUT2D eigenvalue weighted by Crippen LogP contribution is -2.46. The number of hydrogen-bond acceptors (Lipinski definition) is 3. The molecule has 1 saturated heterocycles. The van der Waals surface area contributed by atoms with Gasteiger partial charge in [0.05, 0.1) is 22.9 Å². The molecule has 7 heteroatoms. The van der Waals surface area contributed by atoms with Gasteiger partial charge < -0.3 is 14.2 Å². The fourth-order valence-corrected chi connectivity index (χ4v) is 3.33. The highest BCUT2D eigenvalue weighted by Gasteiger charge is 2.36. The van der Waals surface area contributed by atoms with Crippen LogP contribution in [0.5, 0.6) is 0 Å². The van der Waals surface area contributed by atoms with Crippen LogP contribution < -0.4 is 0 Å². The van der Waals surface area contributed by atoms with Crippen LogP contribution in [0.3, 0.4) is 0 Å². The summed E-state index contributed by atoms with van der Waals surface area (Å²) in [6, 6.07) is 7.89. The number of carbonyl (C=O) groups excluding carboxylic acids is 2. The quantitative estimate of drug-likeness (QED) is 0.809. The standard InChI is InChI=1S/C18H18Cl2N2O3/c1-21(11-13-4-3-9-25-13)18(24)16-5-2-8-22(16)17(23)12-6-7-14(19)15(20)10-12/h3-4,6-7,9-10,16H,2,5,8,11H2,1H3/t16-/m0/s1. The Morgan fingerprint density at radius 1 is 1.28 bits per heavy atom. The summed E-state index contributed by atoms with van der Waals surface area (Å²) in [7, 11) is 1.71. The van der Waals surface area contributed by atoms with E-state index in [2.05, 4.69) is 0 Å². The van der Waals surface area contributed by atoms with Gasteiger partial charge in [-0.2, -0.15) is 0 Å². The molecule has 132 valence electrons. The van der Waals surface area contributed by atoms with Crippen LogP contribution in [0.4, 0.5) is 0 Å². The number of carbonyl (C=O) groups is 2.